The molecule has 0 bridgehead atoms. The molecular weight excluding hydrogens is 381 g/mol. The van der Waals surface area contributed by atoms with E-state index in [1.807, 2.05) is 11.8 Å². The molecule has 3 heterocycles. The molecule has 140 valence electrons. The molecule has 11 heteroatoms. The van der Waals surface area contributed by atoms with Crippen LogP contribution in [0, 0.1) is 5.95 Å². The highest BCUT2D eigenvalue weighted by Gasteiger charge is 2.34. The minimum atomic E-state index is -3.71. The number of rotatable bonds is 4. The normalized spacial score (nSPS) is 18.7. The number of thiazole rings is 1. The second kappa shape index (κ2) is 7.25. The summed E-state index contributed by atoms with van der Waals surface area (Å²) in [6, 6.07) is 4.38. The summed E-state index contributed by atoms with van der Waals surface area (Å²) in [5.74, 6) is -0.395. The number of hydrogen-bond donors (Lipinski definition) is 1. The van der Waals surface area contributed by atoms with Crippen molar-refractivity contribution in [1.29, 1.82) is 0 Å². The van der Waals surface area contributed by atoms with Crippen LogP contribution in [0.25, 0.3) is 0 Å². The average Bonchev–Trinajstić information content (AvgIpc) is 3.03. The summed E-state index contributed by atoms with van der Waals surface area (Å²) in [5, 5.41) is 2.72. The maximum Gasteiger partial charge on any atom is 0.254 e. The quantitative estimate of drug-likeness (QED) is 0.784. The fourth-order valence-electron chi connectivity index (χ4n) is 2.75. The van der Waals surface area contributed by atoms with Crippen LogP contribution in [0.5, 0.6) is 0 Å². The molecule has 1 N–H and O–H groups in total. The van der Waals surface area contributed by atoms with Gasteiger partial charge in [0.05, 0.1) is 6.20 Å². The van der Waals surface area contributed by atoms with Crippen molar-refractivity contribution in [3.8, 4) is 0 Å². The van der Waals surface area contributed by atoms with Crippen molar-refractivity contribution in [2.75, 3.05) is 29.9 Å². The highest BCUT2D eigenvalue weighted by molar-refractivity contribution is 7.91. The first kappa shape index (κ1) is 18.7. The molecule has 3 rings (SSSR count). The van der Waals surface area contributed by atoms with Gasteiger partial charge in [0.2, 0.25) is 11.9 Å². The number of carbonyl (C=O) groups excluding carboxylic acids is 1. The minimum absolute atomic E-state index is 0.0748. The predicted octanol–water partition coefficient (Wildman–Crippen LogP) is 1.53. The third-order valence-electron chi connectivity index (χ3n) is 3.95. The Bertz CT molecular complexity index is 918. The number of carbonyl (C=O) groups is 1. The van der Waals surface area contributed by atoms with E-state index in [1.54, 1.807) is 12.1 Å². The average molecular weight is 399 g/mol. The number of halogens is 1. The fraction of sp³-hybridized carbons (Fsp3) is 0.400. The van der Waals surface area contributed by atoms with Gasteiger partial charge < -0.3 is 10.2 Å². The fourth-order valence-corrected chi connectivity index (χ4v) is 5.50. The Labute approximate surface area is 154 Å². The number of hydrogen-bond acceptors (Lipinski definition) is 7. The van der Waals surface area contributed by atoms with E-state index in [1.165, 1.54) is 23.5 Å². The van der Waals surface area contributed by atoms with E-state index in [-0.39, 0.29) is 34.4 Å². The lowest BCUT2D eigenvalue weighted by atomic mass is 10.2. The molecule has 2 aromatic heterocycles. The van der Waals surface area contributed by atoms with Crippen LogP contribution in [-0.4, -0.2) is 54.3 Å². The lowest BCUT2D eigenvalue weighted by molar-refractivity contribution is -0.114. The first-order chi connectivity index (χ1) is 12.3. The number of amides is 1. The van der Waals surface area contributed by atoms with E-state index in [2.05, 4.69) is 15.3 Å². The zero-order valence-corrected chi connectivity index (χ0v) is 15.8. The lowest BCUT2D eigenvalue weighted by Crippen LogP contribution is -2.53. The van der Waals surface area contributed by atoms with E-state index in [0.717, 1.165) is 11.3 Å². The number of anilines is 2. The van der Waals surface area contributed by atoms with Gasteiger partial charge in [-0.25, -0.2) is 18.4 Å². The number of sulfonamides is 1. The largest absolute Gasteiger partial charge is 0.351 e. The maximum atomic E-state index is 13.3. The van der Waals surface area contributed by atoms with Gasteiger partial charge in [0.1, 0.15) is 5.82 Å². The summed E-state index contributed by atoms with van der Waals surface area (Å²) in [4.78, 5) is 20.7. The molecule has 1 aliphatic heterocycles. The van der Waals surface area contributed by atoms with Crippen molar-refractivity contribution in [2.45, 2.75) is 24.1 Å². The number of pyridine rings is 1. The second-order valence-electron chi connectivity index (χ2n) is 5.89. The van der Waals surface area contributed by atoms with Crippen LogP contribution in [0.15, 0.2) is 28.6 Å². The lowest BCUT2D eigenvalue weighted by Gasteiger charge is -2.39. The first-order valence-electron chi connectivity index (χ1n) is 7.90. The number of nitrogens with zero attached hydrogens (tertiary/aromatic N) is 4. The zero-order chi connectivity index (χ0) is 18.9. The zero-order valence-electron chi connectivity index (χ0n) is 14.2. The Morgan fingerprint density at radius 3 is 2.81 bits per heavy atom. The van der Waals surface area contributed by atoms with Crippen molar-refractivity contribution >= 4 is 38.2 Å². The van der Waals surface area contributed by atoms with Gasteiger partial charge in [-0.2, -0.15) is 8.70 Å². The van der Waals surface area contributed by atoms with Crippen LogP contribution >= 0.6 is 11.3 Å². The Morgan fingerprint density at radius 2 is 2.15 bits per heavy atom. The third-order valence-corrected chi connectivity index (χ3v) is 7.16. The molecule has 1 aliphatic rings. The van der Waals surface area contributed by atoms with Crippen LogP contribution in [0.3, 0.4) is 0 Å². The number of piperazine rings is 1. The van der Waals surface area contributed by atoms with Gasteiger partial charge in [0, 0.05) is 32.6 Å². The molecule has 8 nitrogen and oxygen atoms in total. The van der Waals surface area contributed by atoms with Crippen LogP contribution in [0.2, 0.25) is 0 Å². The Hall–Kier alpha value is -2.11. The monoisotopic (exact) mass is 399 g/mol. The van der Waals surface area contributed by atoms with Crippen LogP contribution < -0.4 is 10.2 Å². The summed E-state index contributed by atoms with van der Waals surface area (Å²) in [5.41, 5.74) is 0. The van der Waals surface area contributed by atoms with E-state index in [0.29, 0.717) is 12.4 Å². The Kier molecular flexibility index (Phi) is 5.21. The molecule has 2 aromatic rings. The van der Waals surface area contributed by atoms with Gasteiger partial charge in [-0.05, 0) is 19.1 Å². The Balaban J connectivity index is 1.75. The highest BCUT2D eigenvalue weighted by atomic mass is 32.2. The van der Waals surface area contributed by atoms with Crippen molar-refractivity contribution < 1.29 is 17.6 Å². The predicted molar refractivity (Wildman–Crippen MR) is 96.2 cm³/mol. The van der Waals surface area contributed by atoms with Gasteiger partial charge in [0.15, 0.2) is 9.34 Å². The molecule has 1 fully saturated rings. The summed E-state index contributed by atoms with van der Waals surface area (Å²) in [6.45, 7) is 4.08. The van der Waals surface area contributed by atoms with E-state index in [9.17, 15) is 17.6 Å². The molecule has 0 aromatic carbocycles. The van der Waals surface area contributed by atoms with Crippen molar-refractivity contribution in [3.63, 3.8) is 0 Å². The molecule has 1 unspecified atom stereocenters. The van der Waals surface area contributed by atoms with Crippen LogP contribution in [-0.2, 0) is 14.8 Å². The number of nitrogens with one attached hydrogen (secondary N) is 1. The van der Waals surface area contributed by atoms with Crippen molar-refractivity contribution in [1.82, 2.24) is 14.3 Å². The van der Waals surface area contributed by atoms with Gasteiger partial charge in [-0.15, -0.1) is 0 Å². The maximum absolute atomic E-state index is 13.3. The summed E-state index contributed by atoms with van der Waals surface area (Å²) in [6.07, 6.45) is 1.25. The van der Waals surface area contributed by atoms with Crippen LogP contribution in [0.1, 0.15) is 13.8 Å². The minimum Gasteiger partial charge on any atom is -0.351 e. The molecule has 0 saturated carbocycles. The SMILES string of the molecule is CC(=O)Nc1ncc(S(=O)(=O)N2CCN(c3cccc(F)n3)C(C)C2)s1. The van der Waals surface area contributed by atoms with Gasteiger partial charge in [-0.3, -0.25) is 4.79 Å². The van der Waals surface area contributed by atoms with Crippen LogP contribution in [0.4, 0.5) is 15.3 Å². The molecule has 1 saturated heterocycles. The topological polar surface area (TPSA) is 95.5 Å². The smallest absolute Gasteiger partial charge is 0.254 e. The van der Waals surface area contributed by atoms with E-state index >= 15 is 0 Å². The van der Waals surface area contributed by atoms with Gasteiger partial charge >= 0.3 is 0 Å². The Morgan fingerprint density at radius 1 is 1.38 bits per heavy atom. The van der Waals surface area contributed by atoms with Gasteiger partial charge in [-0.1, -0.05) is 17.4 Å². The number of aromatic nitrogens is 2. The standard InChI is InChI=1S/C15H18FN5O3S2/c1-10-9-20(6-7-21(10)13-5-3-4-12(16)19-13)26(23,24)14-8-17-15(25-14)18-11(2)22/h3-5,8,10H,6-7,9H2,1-2H3,(H,17,18,22). The summed E-state index contributed by atoms with van der Waals surface area (Å²) >= 11 is 0.914. The molecule has 1 atom stereocenters. The molecule has 0 spiro atoms. The second-order valence-corrected chi connectivity index (χ2v) is 9.09. The molecular formula is C15H18FN5O3S2. The van der Waals surface area contributed by atoms with Gasteiger partial charge in [0.25, 0.3) is 10.0 Å². The third kappa shape index (κ3) is 3.84. The highest BCUT2D eigenvalue weighted by Crippen LogP contribution is 2.28. The molecule has 0 radical (unpaired) electrons. The van der Waals surface area contributed by atoms with E-state index in [4.69, 9.17) is 0 Å². The molecule has 26 heavy (non-hydrogen) atoms. The summed E-state index contributed by atoms with van der Waals surface area (Å²) < 4.78 is 40.4. The van der Waals surface area contributed by atoms with Crippen molar-refractivity contribution in [3.05, 3.63) is 30.3 Å². The molecule has 0 aliphatic carbocycles. The summed E-state index contributed by atoms with van der Waals surface area (Å²) in [7, 11) is -3.71. The van der Waals surface area contributed by atoms with Crippen molar-refractivity contribution in [2.24, 2.45) is 0 Å². The van der Waals surface area contributed by atoms with E-state index < -0.39 is 16.0 Å². The molecule has 1 amide bonds. The first-order valence-corrected chi connectivity index (χ1v) is 10.2.